The fraction of sp³-hybridized carbons (Fsp3) is 0.591. The summed E-state index contributed by atoms with van der Waals surface area (Å²) in [5.41, 5.74) is 39.2. The number of amides is 17. The summed E-state index contributed by atoms with van der Waals surface area (Å²) >= 11 is 0. The van der Waals surface area contributed by atoms with Gasteiger partial charge < -0.3 is 193 Å². The zero-order chi connectivity index (χ0) is 111. The third kappa shape index (κ3) is 52.6. The van der Waals surface area contributed by atoms with Crippen LogP contribution in [-0.4, -0.2) is 349 Å². The number of nitrogens with two attached hydrogens (primary N) is 7. The number of carbonyl (C=O) groups excluding carboxylic acids is 17. The highest BCUT2D eigenvalue weighted by atomic mass is 16.4. The molecule has 0 aliphatic heterocycles. The van der Waals surface area contributed by atoms with E-state index in [1.165, 1.54) is 52.0 Å². The Morgan fingerprint density at radius 2 is 0.534 bits per heavy atom. The summed E-state index contributed by atoms with van der Waals surface area (Å²) in [6.07, 6.45) is -1.83. The molecule has 0 heterocycles. The number of guanidine groups is 6. The largest absolute Gasteiger partial charge is 0.508 e. The van der Waals surface area contributed by atoms with Crippen LogP contribution in [0.3, 0.4) is 0 Å². The zero-order valence-corrected chi connectivity index (χ0v) is 83.5. The molecular weight excluding hydrogens is 1950 g/mol. The van der Waals surface area contributed by atoms with Crippen LogP contribution in [0, 0.1) is 50.2 Å². The van der Waals surface area contributed by atoms with Gasteiger partial charge in [-0.2, -0.15) is 0 Å². The topological polar surface area (TPSA) is 1030 Å². The molecule has 2 rings (SSSR count). The number of aliphatic hydroxyl groups excluding tert-OH is 4. The Labute approximate surface area is 853 Å². The molecular formula is C88H150N36O24. The average Bonchev–Trinajstić information content (AvgIpc) is 0.847. The lowest BCUT2D eigenvalue weighted by molar-refractivity contribution is -0.142. The van der Waals surface area contributed by atoms with Crippen LogP contribution in [-0.2, 0) is 99.1 Å². The first-order valence-corrected chi connectivity index (χ1v) is 47.6. The molecule has 148 heavy (non-hydrogen) atoms. The van der Waals surface area contributed by atoms with Crippen LogP contribution < -0.4 is 162 Å². The SMILES string of the molecule is CC(C)C[C@H](NC(=O)[C@H](CCCNC(=N)N)NC(=O)CNC(=O)CNC(=O)[C@@H](N)CCCNC(=N)N)C(=O)N[C@@H](CO)C(=O)N[C@@H](Cc1ccc(O)cc1)C(=O)N[C@@H](CO)C(=O)N[C@@H](CCCNC(=N)N)C(=O)N[C@@H](CCCNC(=N)N)C(=O)N[C@@H](CCCNC(=N)N)C(=O)N[C@@H](Cc1ccccc1)C(=O)N[C@@H](CO)C(=O)N[C@H](C(=O)N[C@@H](CO)C(=O)N[C@H](C(=O)NCC(=O)N[C@@H](CCCNC(=N)N)C(=O)O)C(C)C)C(C)C. The molecule has 0 spiro atoms. The van der Waals surface area contributed by atoms with Gasteiger partial charge in [0.25, 0.3) is 0 Å². The number of carboxylic acids is 1. The summed E-state index contributed by atoms with van der Waals surface area (Å²) in [5.74, 6) is -24.3. The van der Waals surface area contributed by atoms with Crippen LogP contribution in [0.1, 0.15) is 136 Å². The number of rotatable bonds is 71. The van der Waals surface area contributed by atoms with Crippen molar-refractivity contribution in [3.63, 3.8) is 0 Å². The van der Waals surface area contributed by atoms with E-state index in [1.54, 1.807) is 44.2 Å². The number of aliphatic hydroxyl groups is 4. The van der Waals surface area contributed by atoms with Gasteiger partial charge in [0.05, 0.1) is 52.1 Å². The van der Waals surface area contributed by atoms with E-state index in [0.717, 1.165) is 0 Å². The van der Waals surface area contributed by atoms with E-state index in [9.17, 15) is 112 Å². The highest BCUT2D eigenvalue weighted by Gasteiger charge is 2.40. The maximum absolute atomic E-state index is 15.0. The summed E-state index contributed by atoms with van der Waals surface area (Å²) in [6, 6.07) is -11.9. The van der Waals surface area contributed by atoms with Crippen molar-refractivity contribution < 1.29 is 117 Å². The first-order chi connectivity index (χ1) is 69.8. The van der Waals surface area contributed by atoms with E-state index in [1.807, 2.05) is 0 Å². The van der Waals surface area contributed by atoms with Gasteiger partial charge in [-0.3, -0.25) is 114 Å². The Balaban J connectivity index is 2.60. The quantitative estimate of drug-likeness (QED) is 0.0166. The van der Waals surface area contributed by atoms with Crippen molar-refractivity contribution in [2.75, 3.05) is 85.3 Å². The standard InChI is InChI=1S/C88H150N36O24/c1-44(2)34-56(116-69(134)51(19-11-29-103-84(92)93)111-64(131)38-108-63(130)37-109-68(133)50(89)18-10-28-102-83(90)91)73(138)119-60(41-126)77(142)118-58(36-48-24-26-49(129)27-25-48)75(140)120-59(40-125)76(141)115-53(21-13-31-105-86(96)97)71(136)113-52(20-12-30-104-85(94)95)70(135)114-54(22-14-32-106-87(98)99)72(137)117-57(35-47-16-8-7-9-17-47)74(139)121-61(42-127)78(143)124-67(46(5)6)81(146)122-62(43-128)79(144)123-66(45(3)4)80(145)110-39-65(132)112-55(82(147)148)23-15-33-107-88(100)101/h7-9,16-17,24-27,44-46,50-62,66-67,125-129H,10-15,18-23,28-43,89H2,1-6H3,(H,108,130)(H,109,133)(H,110,145)(H,111,131)(H,112,132)(H,113,136)(H,114,135)(H,115,141)(H,116,134)(H,117,137)(H,118,142)(H,119,138)(H,120,140)(H,121,139)(H,122,146)(H,123,144)(H,124,143)(H,147,148)(H4,90,91,102)(H4,92,93,103)(H4,94,95,104)(H4,96,97,105)(H4,98,99,106)(H4,100,101,107)/t50-,51-,52-,53-,54-,55-,56-,57-,58-,59-,60-,61-,62-,66-,67-/m0/s1. The molecule has 0 aliphatic carbocycles. The molecule has 0 unspecified atom stereocenters. The minimum Gasteiger partial charge on any atom is -0.508 e. The van der Waals surface area contributed by atoms with Crippen LogP contribution in [0.2, 0.25) is 0 Å². The summed E-state index contributed by atoms with van der Waals surface area (Å²) < 4.78 is 0. The van der Waals surface area contributed by atoms with E-state index in [2.05, 4.69) is 122 Å². The minimum absolute atomic E-state index is 0.0177. The first-order valence-electron chi connectivity index (χ1n) is 47.6. The lowest BCUT2D eigenvalue weighted by Gasteiger charge is -2.29. The van der Waals surface area contributed by atoms with Gasteiger partial charge in [0.15, 0.2) is 35.8 Å². The van der Waals surface area contributed by atoms with Crippen LogP contribution in [0.4, 0.5) is 0 Å². The Bertz CT molecular complexity index is 4770. The normalized spacial score (nSPS) is 14.0. The summed E-state index contributed by atoms with van der Waals surface area (Å²) in [4.78, 5) is 251. The smallest absolute Gasteiger partial charge is 0.326 e. The van der Waals surface area contributed by atoms with Crippen LogP contribution >= 0.6 is 0 Å². The van der Waals surface area contributed by atoms with Gasteiger partial charge in [-0.1, -0.05) is 84.0 Å². The summed E-state index contributed by atoms with van der Waals surface area (Å²) in [7, 11) is 0. The van der Waals surface area contributed by atoms with Crippen molar-refractivity contribution in [3.8, 4) is 5.75 Å². The molecule has 2 aromatic carbocycles. The lowest BCUT2D eigenvalue weighted by Crippen LogP contribution is -2.62. The molecule has 2 aromatic rings. The second-order valence-electron chi connectivity index (χ2n) is 35.3. The number of phenolic OH excluding ortho intramolecular Hbond substituents is 1. The van der Waals surface area contributed by atoms with E-state index in [-0.39, 0.29) is 146 Å². The molecule has 0 radical (unpaired) electrons. The average molecular weight is 2100 g/mol. The molecule has 0 saturated heterocycles. The highest BCUT2D eigenvalue weighted by Crippen LogP contribution is 2.16. The molecule has 0 aromatic heterocycles. The van der Waals surface area contributed by atoms with Crippen LogP contribution in [0.25, 0.3) is 0 Å². The number of nitrogens with one attached hydrogen (secondary N) is 29. The molecule has 49 N–H and O–H groups in total. The van der Waals surface area contributed by atoms with E-state index in [4.69, 9.17) is 72.6 Å². The maximum Gasteiger partial charge on any atom is 0.326 e. The Kier molecular flexibility index (Phi) is 59.9. The maximum atomic E-state index is 15.0. The number of phenols is 1. The third-order valence-electron chi connectivity index (χ3n) is 21.8. The van der Waals surface area contributed by atoms with E-state index >= 15 is 4.79 Å². The molecule has 60 heteroatoms. The number of hydrogen-bond acceptors (Lipinski definition) is 30. The monoisotopic (exact) mass is 2100 g/mol. The van der Waals surface area contributed by atoms with Crippen LogP contribution in [0.15, 0.2) is 54.6 Å². The molecule has 826 valence electrons. The van der Waals surface area contributed by atoms with Crippen molar-refractivity contribution in [3.05, 3.63) is 65.7 Å². The van der Waals surface area contributed by atoms with Crippen molar-refractivity contribution >= 4 is 142 Å². The number of carboxylic acid groups (broad SMARTS) is 1. The highest BCUT2D eigenvalue weighted by molar-refractivity contribution is 6.02. The zero-order valence-electron chi connectivity index (χ0n) is 83.5. The molecule has 17 amide bonds. The van der Waals surface area contributed by atoms with Crippen molar-refractivity contribution in [1.29, 1.82) is 32.5 Å². The fourth-order valence-corrected chi connectivity index (χ4v) is 13.9. The number of hydrogen-bond donors (Lipinski definition) is 42. The third-order valence-corrected chi connectivity index (χ3v) is 21.8. The van der Waals surface area contributed by atoms with Gasteiger partial charge in [-0.25, -0.2) is 4.79 Å². The number of carbonyl (C=O) groups is 18. The van der Waals surface area contributed by atoms with Gasteiger partial charge in [0.1, 0.15) is 90.3 Å². The summed E-state index contributed by atoms with van der Waals surface area (Å²) in [5, 5.41) is 164. The molecule has 0 aliphatic rings. The summed E-state index contributed by atoms with van der Waals surface area (Å²) in [6.45, 7) is 2.53. The second kappa shape index (κ2) is 69.2. The Hall–Kier alpha value is -15.9. The fourth-order valence-electron chi connectivity index (χ4n) is 13.9. The van der Waals surface area contributed by atoms with E-state index in [0.29, 0.717) is 12.0 Å². The molecule has 0 bridgehead atoms. The number of aliphatic carboxylic acids is 1. The molecule has 15 atom stereocenters. The molecule has 60 nitrogen and oxygen atoms in total. The van der Waals surface area contributed by atoms with Gasteiger partial charge in [-0.05, 0) is 124 Å². The predicted molar refractivity (Wildman–Crippen MR) is 536 cm³/mol. The van der Waals surface area contributed by atoms with Gasteiger partial charge in [-0.15, -0.1) is 0 Å². The first kappa shape index (κ1) is 128. The molecule has 0 fully saturated rings. The Morgan fingerprint density at radius 3 is 0.872 bits per heavy atom. The number of benzene rings is 2. The van der Waals surface area contributed by atoms with Gasteiger partial charge in [0.2, 0.25) is 100 Å². The molecule has 0 saturated carbocycles. The minimum atomic E-state index is -2.04. The van der Waals surface area contributed by atoms with Gasteiger partial charge >= 0.3 is 5.97 Å². The second-order valence-corrected chi connectivity index (χ2v) is 35.3. The van der Waals surface area contributed by atoms with Crippen molar-refractivity contribution in [2.45, 2.75) is 228 Å². The number of aromatic hydroxyl groups is 1. The van der Waals surface area contributed by atoms with Crippen molar-refractivity contribution in [1.82, 2.24) is 122 Å². The van der Waals surface area contributed by atoms with Crippen molar-refractivity contribution in [2.24, 2.45) is 57.9 Å². The Morgan fingerprint density at radius 1 is 0.277 bits per heavy atom. The predicted octanol–water partition coefficient (Wildman–Crippen LogP) is -14.4. The lowest BCUT2D eigenvalue weighted by atomic mass is 10.0. The van der Waals surface area contributed by atoms with E-state index < -0.39 is 291 Å². The van der Waals surface area contributed by atoms with Crippen LogP contribution in [0.5, 0.6) is 5.75 Å². The van der Waals surface area contributed by atoms with Gasteiger partial charge in [0, 0.05) is 52.1 Å².